The van der Waals surface area contributed by atoms with Crippen molar-refractivity contribution in [2.75, 3.05) is 0 Å². The average Bonchev–Trinajstić information content (AvgIpc) is 3.58. The van der Waals surface area contributed by atoms with E-state index in [0.717, 1.165) is 6.42 Å². The summed E-state index contributed by atoms with van der Waals surface area (Å²) >= 11 is 0. The van der Waals surface area contributed by atoms with Crippen LogP contribution >= 0.6 is 0 Å². The van der Waals surface area contributed by atoms with Gasteiger partial charge in [-0.3, -0.25) is 0 Å². The van der Waals surface area contributed by atoms with E-state index in [-0.39, 0.29) is 51.0 Å². The van der Waals surface area contributed by atoms with Gasteiger partial charge in [-0.2, -0.15) is 12.1 Å². The Morgan fingerprint density at radius 3 is 1.20 bits per heavy atom. The zero-order chi connectivity index (χ0) is 29.2. The first-order valence-electron chi connectivity index (χ1n) is 15.1. The van der Waals surface area contributed by atoms with Gasteiger partial charge in [0.15, 0.2) is 0 Å². The summed E-state index contributed by atoms with van der Waals surface area (Å²) in [7, 11) is 0. The minimum atomic E-state index is 0. The van der Waals surface area contributed by atoms with Crippen LogP contribution in [-0.2, 0) is 39.0 Å². The smallest absolute Gasteiger partial charge is 1.00 e. The molecule has 0 N–H and O–H groups in total. The van der Waals surface area contributed by atoms with Crippen molar-refractivity contribution in [1.82, 2.24) is 0 Å². The fraction of sp³-hybridized carbons (Fsp3) is 0.220. The molecule has 0 atom stereocenters. The SMILES string of the molecule is CCCc1cc2c(-c3ccc(C)cc3)cccc2[cH-]1.CCCc1cc2c(-c3ccc(C)cc3)cccc2[cH-]1.[CH2-]C[CH2-].[Cl-].[Cl-].[Zr+2]. The molecule has 0 nitrogen and oxygen atoms in total. The van der Waals surface area contributed by atoms with E-state index in [1.807, 2.05) is 0 Å². The number of hydrogen-bond donors (Lipinski definition) is 0. The molecule has 0 aliphatic rings. The summed E-state index contributed by atoms with van der Waals surface area (Å²) in [6.07, 6.45) is 5.50. The number of rotatable bonds is 6. The molecule has 3 heteroatoms. The summed E-state index contributed by atoms with van der Waals surface area (Å²) in [5, 5.41) is 5.49. The van der Waals surface area contributed by atoms with Crippen molar-refractivity contribution < 1.29 is 51.0 Å². The molecule has 0 unspecified atom stereocenters. The van der Waals surface area contributed by atoms with E-state index in [9.17, 15) is 0 Å². The van der Waals surface area contributed by atoms with E-state index in [4.69, 9.17) is 0 Å². The van der Waals surface area contributed by atoms with Gasteiger partial charge >= 0.3 is 26.2 Å². The maximum Gasteiger partial charge on any atom is 2.00 e. The maximum absolute atomic E-state index is 3.38. The first-order chi connectivity index (χ1) is 20.0. The molecule has 6 rings (SSSR count). The van der Waals surface area contributed by atoms with Gasteiger partial charge in [0.25, 0.3) is 0 Å². The zero-order valence-electron chi connectivity index (χ0n) is 26.6. The van der Waals surface area contributed by atoms with Crippen LogP contribution in [0.1, 0.15) is 55.4 Å². The van der Waals surface area contributed by atoms with Gasteiger partial charge in [-0.1, -0.05) is 110 Å². The second-order valence-corrected chi connectivity index (χ2v) is 10.9. The topological polar surface area (TPSA) is 0 Å². The van der Waals surface area contributed by atoms with Gasteiger partial charge < -0.3 is 45.1 Å². The summed E-state index contributed by atoms with van der Waals surface area (Å²) in [6, 6.07) is 40.2. The van der Waals surface area contributed by atoms with E-state index < -0.39 is 0 Å². The minimum Gasteiger partial charge on any atom is -1.00 e. The average molecular weight is 699 g/mol. The minimum absolute atomic E-state index is 0. The molecular weight excluding hydrogens is 655 g/mol. The molecule has 0 spiro atoms. The van der Waals surface area contributed by atoms with E-state index in [0.29, 0.717) is 0 Å². The molecular formula is C41H44Cl2Zr-4. The van der Waals surface area contributed by atoms with Gasteiger partial charge in [-0.15, -0.1) is 69.1 Å². The van der Waals surface area contributed by atoms with Crippen LogP contribution in [0.3, 0.4) is 0 Å². The van der Waals surface area contributed by atoms with Crippen molar-refractivity contribution in [3.05, 3.63) is 145 Å². The van der Waals surface area contributed by atoms with Crippen molar-refractivity contribution in [2.24, 2.45) is 0 Å². The Balaban J connectivity index is 0.000000380. The molecule has 0 amide bonds. The van der Waals surface area contributed by atoms with E-state index in [1.165, 1.54) is 91.7 Å². The first-order valence-corrected chi connectivity index (χ1v) is 15.1. The Morgan fingerprint density at radius 1 is 0.545 bits per heavy atom. The fourth-order valence-corrected chi connectivity index (χ4v) is 5.43. The summed E-state index contributed by atoms with van der Waals surface area (Å²) in [5.74, 6) is 0. The molecule has 44 heavy (non-hydrogen) atoms. The molecule has 0 aliphatic carbocycles. The monoisotopic (exact) mass is 696 g/mol. The second-order valence-electron chi connectivity index (χ2n) is 10.9. The third kappa shape index (κ3) is 10.3. The van der Waals surface area contributed by atoms with Crippen LogP contribution in [0.4, 0.5) is 0 Å². The predicted octanol–water partition coefficient (Wildman–Crippen LogP) is 6.02. The Kier molecular flexibility index (Phi) is 17.9. The van der Waals surface area contributed by atoms with E-state index in [2.05, 4.69) is 151 Å². The summed E-state index contributed by atoms with van der Waals surface area (Å²) in [5.41, 5.74) is 10.8. The number of hydrogen-bond acceptors (Lipinski definition) is 0. The van der Waals surface area contributed by atoms with Crippen molar-refractivity contribution in [3.8, 4) is 22.3 Å². The zero-order valence-corrected chi connectivity index (χ0v) is 30.6. The number of aryl methyl sites for hydroxylation is 4. The number of fused-ring (bicyclic) bond motifs is 2. The Labute approximate surface area is 298 Å². The summed E-state index contributed by atoms with van der Waals surface area (Å²) < 4.78 is 0. The van der Waals surface area contributed by atoms with Crippen molar-refractivity contribution >= 4 is 21.5 Å². The maximum atomic E-state index is 3.38. The van der Waals surface area contributed by atoms with Crippen LogP contribution in [0, 0.1) is 27.7 Å². The van der Waals surface area contributed by atoms with Crippen molar-refractivity contribution in [3.63, 3.8) is 0 Å². The quantitative estimate of drug-likeness (QED) is 0.187. The third-order valence-electron chi connectivity index (χ3n) is 7.42. The first kappa shape index (κ1) is 39.6. The molecule has 0 saturated heterocycles. The molecule has 0 aromatic heterocycles. The van der Waals surface area contributed by atoms with Gasteiger partial charge in [0, 0.05) is 0 Å². The molecule has 6 aromatic rings. The van der Waals surface area contributed by atoms with Crippen molar-refractivity contribution in [1.29, 1.82) is 0 Å². The normalized spacial score (nSPS) is 9.95. The summed E-state index contributed by atoms with van der Waals surface area (Å²) in [4.78, 5) is 0. The Hall–Kier alpha value is -2.44. The predicted molar refractivity (Wildman–Crippen MR) is 183 cm³/mol. The van der Waals surface area contributed by atoms with Crippen LogP contribution in [0.2, 0.25) is 0 Å². The molecule has 0 bridgehead atoms. The van der Waals surface area contributed by atoms with Crippen LogP contribution in [0.25, 0.3) is 43.8 Å². The van der Waals surface area contributed by atoms with E-state index in [1.54, 1.807) is 0 Å². The third-order valence-corrected chi connectivity index (χ3v) is 7.42. The van der Waals surface area contributed by atoms with Gasteiger partial charge in [0.05, 0.1) is 0 Å². The van der Waals surface area contributed by atoms with Gasteiger partial charge in [-0.05, 0) is 37.8 Å². The van der Waals surface area contributed by atoms with E-state index >= 15 is 0 Å². The second kappa shape index (κ2) is 19.8. The molecule has 230 valence electrons. The Morgan fingerprint density at radius 2 is 0.886 bits per heavy atom. The number of halogens is 2. The summed E-state index contributed by atoms with van der Waals surface area (Å²) in [6.45, 7) is 15.5. The molecule has 0 heterocycles. The largest absolute Gasteiger partial charge is 2.00 e. The molecule has 0 radical (unpaired) electrons. The number of benzene rings is 4. The van der Waals surface area contributed by atoms with Crippen LogP contribution < -0.4 is 24.8 Å². The Bertz CT molecular complexity index is 1530. The van der Waals surface area contributed by atoms with Crippen LogP contribution in [-0.4, -0.2) is 0 Å². The van der Waals surface area contributed by atoms with Crippen LogP contribution in [0.15, 0.2) is 109 Å². The molecule has 6 aromatic carbocycles. The van der Waals surface area contributed by atoms with Crippen LogP contribution in [0.5, 0.6) is 0 Å². The fourth-order valence-electron chi connectivity index (χ4n) is 5.43. The molecule has 0 fully saturated rings. The van der Waals surface area contributed by atoms with Gasteiger partial charge in [0.2, 0.25) is 0 Å². The van der Waals surface area contributed by atoms with Gasteiger partial charge in [0.1, 0.15) is 0 Å². The molecule has 0 saturated carbocycles. The molecule has 0 aliphatic heterocycles. The standard InChI is InChI=1S/2C19H19.C3H6.2ClH.Zr/c2*1-3-5-15-12-17-6-4-7-18(19(17)13-15)16-10-8-14(2)9-11-16;1-3-2;;;/h2*4,6-13H,3,5H2,1-2H3;1-3H2;2*1H;/q2*-1;-2;;;+2/p-2. The van der Waals surface area contributed by atoms with Crippen molar-refractivity contribution in [2.45, 2.75) is 59.8 Å². The van der Waals surface area contributed by atoms with Gasteiger partial charge in [-0.25, -0.2) is 0 Å².